The molecule has 3 heterocycles. The summed E-state index contributed by atoms with van der Waals surface area (Å²) < 4.78 is 7.52. The van der Waals surface area contributed by atoms with E-state index in [9.17, 15) is 9.90 Å². The molecule has 0 spiro atoms. The van der Waals surface area contributed by atoms with Crippen LogP contribution in [0.3, 0.4) is 0 Å². The van der Waals surface area contributed by atoms with Crippen LogP contribution < -0.4 is 11.3 Å². The van der Waals surface area contributed by atoms with Gasteiger partial charge in [-0.1, -0.05) is 11.8 Å². The molecule has 1 aliphatic heterocycles. The zero-order chi connectivity index (χ0) is 17.7. The van der Waals surface area contributed by atoms with Gasteiger partial charge in [0.2, 0.25) is 5.95 Å². The summed E-state index contributed by atoms with van der Waals surface area (Å²) in [5.41, 5.74) is 6.32. The number of terminal acetylenes is 1. The molecule has 1 aliphatic rings. The molecule has 2 atom stereocenters. The molecule has 7 nitrogen and oxygen atoms in total. The number of hydrogen-bond acceptors (Lipinski definition) is 6. The van der Waals surface area contributed by atoms with E-state index in [-0.39, 0.29) is 30.4 Å². The van der Waals surface area contributed by atoms with E-state index in [0.29, 0.717) is 22.3 Å². The molecular weight excluding hydrogens is 328 g/mol. The highest BCUT2D eigenvalue weighted by atomic mass is 32.1. The third-order valence-corrected chi connectivity index (χ3v) is 3.76. The van der Waals surface area contributed by atoms with Gasteiger partial charge < -0.3 is 20.1 Å². The molecule has 0 aromatic carbocycles. The average molecular weight is 346 g/mol. The smallest absolute Gasteiger partial charge is 0.263 e. The Hall–Kier alpha value is -2.39. The van der Waals surface area contributed by atoms with Crippen LogP contribution in [0.2, 0.25) is 0 Å². The molecule has 0 aliphatic carbocycles. The number of aromatic nitrogens is 3. The van der Waals surface area contributed by atoms with Crippen molar-refractivity contribution in [1.29, 1.82) is 0 Å². The Morgan fingerprint density at radius 1 is 1.54 bits per heavy atom. The number of fused-ring (bicyclic) bond motifs is 1. The van der Waals surface area contributed by atoms with Crippen molar-refractivity contribution in [2.75, 3.05) is 18.1 Å². The number of aliphatic hydroxyl groups excluding tert-OH is 1. The third kappa shape index (κ3) is 3.41. The fraction of sp³-hybridized carbons (Fsp3) is 0.375. The summed E-state index contributed by atoms with van der Waals surface area (Å²) in [5, 5.41) is 9.59. The Bertz CT molecular complexity index is 859. The molecule has 0 radical (unpaired) electrons. The van der Waals surface area contributed by atoms with Gasteiger partial charge in [0, 0.05) is 6.20 Å². The number of nitrogen functional groups attached to an aromatic ring is 1. The minimum atomic E-state index is -0.332. The van der Waals surface area contributed by atoms with Crippen LogP contribution in [0.25, 0.3) is 11.0 Å². The number of aromatic amines is 1. The summed E-state index contributed by atoms with van der Waals surface area (Å²) in [7, 11) is 0. The van der Waals surface area contributed by atoms with Gasteiger partial charge in [0.15, 0.2) is 5.65 Å². The molecule has 24 heavy (non-hydrogen) atoms. The monoisotopic (exact) mass is 346 g/mol. The van der Waals surface area contributed by atoms with Crippen molar-refractivity contribution in [1.82, 2.24) is 14.5 Å². The minimum absolute atomic E-state index is 0.0296. The Morgan fingerprint density at radius 3 is 2.92 bits per heavy atom. The molecule has 8 heteroatoms. The van der Waals surface area contributed by atoms with E-state index in [4.69, 9.17) is 10.5 Å². The van der Waals surface area contributed by atoms with Crippen molar-refractivity contribution in [3.8, 4) is 24.7 Å². The molecule has 1 fully saturated rings. The van der Waals surface area contributed by atoms with E-state index in [2.05, 4.69) is 47.3 Å². The van der Waals surface area contributed by atoms with E-state index in [1.165, 1.54) is 0 Å². The Labute approximate surface area is 144 Å². The number of ether oxygens (including phenoxy) is 1. The first-order valence-corrected chi connectivity index (χ1v) is 7.87. The summed E-state index contributed by atoms with van der Waals surface area (Å²) in [6, 6.07) is 0. The van der Waals surface area contributed by atoms with Gasteiger partial charge in [-0.2, -0.15) is 17.6 Å². The largest absolute Gasteiger partial charge is 0.394 e. The van der Waals surface area contributed by atoms with Gasteiger partial charge in [0.25, 0.3) is 5.56 Å². The van der Waals surface area contributed by atoms with Crippen LogP contribution in [0.1, 0.15) is 24.6 Å². The molecule has 0 amide bonds. The molecule has 0 bridgehead atoms. The van der Waals surface area contributed by atoms with Crippen molar-refractivity contribution in [3.05, 3.63) is 22.1 Å². The number of nitrogens with two attached hydrogens (primary N) is 1. The molecule has 126 valence electrons. The van der Waals surface area contributed by atoms with Crippen LogP contribution >= 0.6 is 12.6 Å². The maximum Gasteiger partial charge on any atom is 0.263 e. The topological polar surface area (TPSA) is 106 Å². The van der Waals surface area contributed by atoms with Crippen LogP contribution in [0.15, 0.2) is 11.0 Å². The molecule has 4 N–H and O–H groups in total. The molecule has 0 saturated carbocycles. The summed E-state index contributed by atoms with van der Waals surface area (Å²) in [4.78, 5) is 18.9. The molecule has 2 aromatic rings. The van der Waals surface area contributed by atoms with Gasteiger partial charge in [-0.05, 0) is 12.8 Å². The average Bonchev–Trinajstić information content (AvgIpc) is 3.19. The van der Waals surface area contributed by atoms with Gasteiger partial charge in [-0.15, -0.1) is 12.8 Å². The minimum Gasteiger partial charge on any atom is -0.394 e. The fourth-order valence-corrected chi connectivity index (χ4v) is 2.73. The van der Waals surface area contributed by atoms with Crippen molar-refractivity contribution < 1.29 is 9.84 Å². The zero-order valence-corrected chi connectivity index (χ0v) is 13.8. The van der Waals surface area contributed by atoms with E-state index >= 15 is 0 Å². The summed E-state index contributed by atoms with van der Waals surface area (Å²) in [5.74, 6) is 6.18. The van der Waals surface area contributed by atoms with Crippen LogP contribution in [0, 0.1) is 24.7 Å². The van der Waals surface area contributed by atoms with E-state index in [1.54, 1.807) is 10.8 Å². The molecule has 3 rings (SSSR count). The van der Waals surface area contributed by atoms with Crippen molar-refractivity contribution in [2.45, 2.75) is 25.2 Å². The first-order chi connectivity index (χ1) is 11.6. The number of nitrogens with one attached hydrogen (secondary N) is 1. The van der Waals surface area contributed by atoms with Gasteiger partial charge >= 0.3 is 0 Å². The molecular formula is C16H18N4O3S. The van der Waals surface area contributed by atoms with Gasteiger partial charge in [-0.25, -0.2) is 0 Å². The Kier molecular flexibility index (Phi) is 5.93. The summed E-state index contributed by atoms with van der Waals surface area (Å²) in [6.07, 6.45) is 10.7. The predicted molar refractivity (Wildman–Crippen MR) is 95.6 cm³/mol. The van der Waals surface area contributed by atoms with Crippen LogP contribution in [0.5, 0.6) is 0 Å². The zero-order valence-electron chi connectivity index (χ0n) is 12.9. The molecule has 2 aromatic heterocycles. The highest BCUT2D eigenvalue weighted by molar-refractivity contribution is 7.80. The number of nitrogens with zero attached hydrogens (tertiary/aromatic N) is 2. The number of anilines is 1. The first-order valence-electron chi connectivity index (χ1n) is 7.23. The second-order valence-electron chi connectivity index (χ2n) is 5.03. The highest BCUT2D eigenvalue weighted by Crippen LogP contribution is 2.31. The number of H-pyrrole nitrogens is 1. The second kappa shape index (κ2) is 7.93. The number of thiol groups is 1. The lowest BCUT2D eigenvalue weighted by Crippen LogP contribution is -2.16. The second-order valence-corrected chi connectivity index (χ2v) is 5.35. The maximum atomic E-state index is 12.2. The number of aliphatic hydroxyl groups is 1. The Morgan fingerprint density at radius 2 is 2.29 bits per heavy atom. The molecule has 0 unspecified atom stereocenters. The highest BCUT2D eigenvalue weighted by Gasteiger charge is 2.28. The molecule has 1 saturated heterocycles. The summed E-state index contributed by atoms with van der Waals surface area (Å²) in [6.45, 7) is -0.0296. The Balaban J connectivity index is 0.00000100. The summed E-state index contributed by atoms with van der Waals surface area (Å²) >= 11 is 4.05. The first kappa shape index (κ1) is 18.0. The predicted octanol–water partition coefficient (Wildman–Crippen LogP) is 0.507. The lowest BCUT2D eigenvalue weighted by molar-refractivity contribution is -0.0204. The van der Waals surface area contributed by atoms with Crippen molar-refractivity contribution in [2.24, 2.45) is 0 Å². The normalized spacial score (nSPS) is 19.3. The fourth-order valence-electron chi connectivity index (χ4n) is 2.65. The quantitative estimate of drug-likeness (QED) is 0.468. The van der Waals surface area contributed by atoms with E-state index in [1.807, 2.05) is 0 Å². The van der Waals surface area contributed by atoms with Gasteiger partial charge in [0.05, 0.1) is 29.4 Å². The van der Waals surface area contributed by atoms with Crippen LogP contribution in [0.4, 0.5) is 5.95 Å². The van der Waals surface area contributed by atoms with Gasteiger partial charge in [-0.3, -0.25) is 9.78 Å². The van der Waals surface area contributed by atoms with E-state index < -0.39 is 0 Å². The van der Waals surface area contributed by atoms with Crippen LogP contribution in [-0.4, -0.2) is 38.1 Å². The van der Waals surface area contributed by atoms with Crippen molar-refractivity contribution in [3.63, 3.8) is 0 Å². The number of rotatable bonds is 2. The standard InChI is InChI=1S/C14H16N4O3S.C2H2/c15-14-16-12-11(13(20)17-14)8(2-1-5-22)6-18(12)10-4-3-9(7-19)21-10;1-2/h6,9-10,19,22H,3-5,7H2,(H3,15,16,17,20);1-2H/t9-,10+;/m0./s1. The third-order valence-electron chi connectivity index (χ3n) is 3.60. The lowest BCUT2D eigenvalue weighted by atomic mass is 10.2. The maximum absolute atomic E-state index is 12.2. The van der Waals surface area contributed by atoms with Crippen LogP contribution in [-0.2, 0) is 4.74 Å². The SMILES string of the molecule is C#C.Nc1nc2c(c(C#CCS)cn2[C@H]2CC[C@@H](CO)O2)c(=O)[nH]1. The lowest BCUT2D eigenvalue weighted by Gasteiger charge is -2.14. The van der Waals surface area contributed by atoms with Crippen molar-refractivity contribution >= 4 is 29.6 Å². The number of hydrogen-bond donors (Lipinski definition) is 4. The van der Waals surface area contributed by atoms with Gasteiger partial charge in [0.1, 0.15) is 6.23 Å². The van der Waals surface area contributed by atoms with E-state index in [0.717, 1.165) is 12.8 Å².